The molecule has 2 amide bonds. The molecule has 2 aromatic carbocycles. The third-order valence-corrected chi connectivity index (χ3v) is 6.22. The van der Waals surface area contributed by atoms with Crippen LogP contribution in [-0.4, -0.2) is 41.9 Å². The molecule has 2 fully saturated rings. The lowest BCUT2D eigenvalue weighted by molar-refractivity contribution is -0.135. The van der Waals surface area contributed by atoms with Crippen molar-refractivity contribution in [2.24, 2.45) is 0 Å². The second-order valence-corrected chi connectivity index (χ2v) is 8.19. The Morgan fingerprint density at radius 1 is 1.10 bits per heavy atom. The van der Waals surface area contributed by atoms with Crippen molar-refractivity contribution in [3.63, 3.8) is 0 Å². The molecule has 3 atom stereocenters. The van der Waals surface area contributed by atoms with E-state index < -0.39 is 0 Å². The molecule has 1 unspecified atom stereocenters. The number of amides is 2. The average molecular weight is 410 g/mol. The van der Waals surface area contributed by atoms with Gasteiger partial charge in [-0.15, -0.1) is 0 Å². The number of nitrogens with zero attached hydrogens (tertiary/aromatic N) is 1. The van der Waals surface area contributed by atoms with Gasteiger partial charge >= 0.3 is 0 Å². The van der Waals surface area contributed by atoms with E-state index in [9.17, 15) is 14.0 Å². The van der Waals surface area contributed by atoms with E-state index in [2.05, 4.69) is 10.2 Å². The van der Waals surface area contributed by atoms with Gasteiger partial charge in [0.1, 0.15) is 11.6 Å². The van der Waals surface area contributed by atoms with Gasteiger partial charge in [-0.1, -0.05) is 12.1 Å². The Balaban J connectivity index is 1.32. The summed E-state index contributed by atoms with van der Waals surface area (Å²) in [6, 6.07) is 13.8. The molecule has 0 aromatic heterocycles. The molecule has 0 saturated carbocycles. The second kappa shape index (κ2) is 8.86. The highest BCUT2D eigenvalue weighted by Crippen LogP contribution is 2.36. The number of fused-ring (bicyclic) bond motifs is 2. The summed E-state index contributed by atoms with van der Waals surface area (Å²) in [5.41, 5.74) is 1.55. The van der Waals surface area contributed by atoms with E-state index in [1.165, 1.54) is 24.3 Å². The van der Waals surface area contributed by atoms with Gasteiger partial charge in [0.2, 0.25) is 5.91 Å². The number of ether oxygens (including phenoxy) is 1. The van der Waals surface area contributed by atoms with E-state index in [0.717, 1.165) is 37.0 Å². The first-order valence-electron chi connectivity index (χ1n) is 10.5. The number of carbonyl (C=O) groups is 2. The molecule has 2 aromatic rings. The first kappa shape index (κ1) is 20.4. The monoisotopic (exact) mass is 410 g/mol. The van der Waals surface area contributed by atoms with E-state index in [-0.39, 0.29) is 35.8 Å². The predicted molar refractivity (Wildman–Crippen MR) is 112 cm³/mol. The van der Waals surface area contributed by atoms with Crippen LogP contribution in [0.1, 0.15) is 48.0 Å². The standard InChI is InChI=1S/C24H27FN2O3/c1-30-22-4-2-3-16(13-22)5-12-23(28)27-20-10-11-21(27)15-19(14-20)26-24(29)17-6-8-18(25)9-7-17/h2-4,6-9,13,19-21H,5,10-12,14-15H2,1H3,(H,26,29)/t19?,20-,21+. The summed E-state index contributed by atoms with van der Waals surface area (Å²) < 4.78 is 18.3. The van der Waals surface area contributed by atoms with Crippen LogP contribution < -0.4 is 10.1 Å². The zero-order chi connectivity index (χ0) is 21.1. The first-order chi connectivity index (χ1) is 14.5. The van der Waals surface area contributed by atoms with Crippen LogP contribution in [0.15, 0.2) is 48.5 Å². The van der Waals surface area contributed by atoms with Gasteiger partial charge in [0, 0.05) is 30.1 Å². The predicted octanol–water partition coefficient (Wildman–Crippen LogP) is 3.72. The summed E-state index contributed by atoms with van der Waals surface area (Å²) in [7, 11) is 1.64. The fourth-order valence-corrected chi connectivity index (χ4v) is 4.78. The molecule has 4 rings (SSSR count). The number of rotatable bonds is 6. The van der Waals surface area contributed by atoms with Gasteiger partial charge in [0.15, 0.2) is 0 Å². The van der Waals surface area contributed by atoms with Gasteiger partial charge in [-0.2, -0.15) is 0 Å². The van der Waals surface area contributed by atoms with Crippen LogP contribution in [0.2, 0.25) is 0 Å². The Labute approximate surface area is 176 Å². The Bertz CT molecular complexity index is 901. The molecule has 6 heteroatoms. The fraction of sp³-hybridized carbons (Fsp3) is 0.417. The number of benzene rings is 2. The van der Waals surface area contributed by atoms with E-state index >= 15 is 0 Å². The molecule has 5 nitrogen and oxygen atoms in total. The van der Waals surface area contributed by atoms with E-state index in [0.29, 0.717) is 18.4 Å². The number of hydrogen-bond acceptors (Lipinski definition) is 3. The summed E-state index contributed by atoms with van der Waals surface area (Å²) in [5.74, 6) is 0.453. The quantitative estimate of drug-likeness (QED) is 0.790. The minimum Gasteiger partial charge on any atom is -0.497 e. The highest BCUT2D eigenvalue weighted by Gasteiger charge is 2.43. The highest BCUT2D eigenvalue weighted by atomic mass is 19.1. The third-order valence-electron chi connectivity index (χ3n) is 6.22. The van der Waals surface area contributed by atoms with Crippen molar-refractivity contribution >= 4 is 11.8 Å². The minimum atomic E-state index is -0.356. The highest BCUT2D eigenvalue weighted by molar-refractivity contribution is 5.94. The molecule has 30 heavy (non-hydrogen) atoms. The Hall–Kier alpha value is -2.89. The van der Waals surface area contributed by atoms with Gasteiger partial charge in [0.25, 0.3) is 5.91 Å². The molecule has 0 aliphatic carbocycles. The lowest BCUT2D eigenvalue weighted by Crippen LogP contribution is -2.52. The van der Waals surface area contributed by atoms with Crippen LogP contribution in [0.3, 0.4) is 0 Å². The Morgan fingerprint density at radius 2 is 1.80 bits per heavy atom. The zero-order valence-corrected chi connectivity index (χ0v) is 17.1. The van der Waals surface area contributed by atoms with Crippen LogP contribution in [0.25, 0.3) is 0 Å². The van der Waals surface area contributed by atoms with Crippen molar-refractivity contribution in [3.05, 3.63) is 65.5 Å². The summed E-state index contributed by atoms with van der Waals surface area (Å²) in [6.07, 6.45) is 4.68. The molecular formula is C24H27FN2O3. The smallest absolute Gasteiger partial charge is 0.251 e. The molecule has 2 bridgehead atoms. The molecule has 0 radical (unpaired) electrons. The maximum atomic E-state index is 13.1. The van der Waals surface area contributed by atoms with Crippen LogP contribution in [0.5, 0.6) is 5.75 Å². The molecule has 1 N–H and O–H groups in total. The Kier molecular flexibility index (Phi) is 6.02. The summed E-state index contributed by atoms with van der Waals surface area (Å²) >= 11 is 0. The van der Waals surface area contributed by atoms with Crippen molar-refractivity contribution in [1.29, 1.82) is 0 Å². The maximum absolute atomic E-state index is 13.1. The molecule has 2 aliphatic heterocycles. The molecule has 2 heterocycles. The minimum absolute atomic E-state index is 0.0440. The molecular weight excluding hydrogens is 383 g/mol. The SMILES string of the molecule is COc1cccc(CCC(=O)N2[C@@H]3CC[C@H]2CC(NC(=O)c2ccc(F)cc2)C3)c1. The first-order valence-corrected chi connectivity index (χ1v) is 10.5. The van der Waals surface area contributed by atoms with Crippen molar-refractivity contribution in [3.8, 4) is 5.75 Å². The summed E-state index contributed by atoms with van der Waals surface area (Å²) in [4.78, 5) is 27.5. The number of methoxy groups -OCH3 is 1. The van der Waals surface area contributed by atoms with Crippen LogP contribution >= 0.6 is 0 Å². The Morgan fingerprint density at radius 3 is 2.47 bits per heavy atom. The van der Waals surface area contributed by atoms with Gasteiger partial charge in [-0.05, 0) is 74.1 Å². The summed E-state index contributed by atoms with van der Waals surface area (Å²) in [5, 5.41) is 3.07. The third kappa shape index (κ3) is 4.48. The van der Waals surface area contributed by atoms with E-state index in [4.69, 9.17) is 4.74 Å². The number of nitrogens with one attached hydrogen (secondary N) is 1. The van der Waals surface area contributed by atoms with Crippen LogP contribution in [0.4, 0.5) is 4.39 Å². The maximum Gasteiger partial charge on any atom is 0.251 e. The normalized spacial score (nSPS) is 22.6. The molecule has 158 valence electrons. The zero-order valence-electron chi connectivity index (χ0n) is 17.1. The number of aryl methyl sites for hydroxylation is 1. The van der Waals surface area contributed by atoms with E-state index in [1.807, 2.05) is 24.3 Å². The van der Waals surface area contributed by atoms with Crippen molar-refractivity contribution in [1.82, 2.24) is 10.2 Å². The van der Waals surface area contributed by atoms with Crippen LogP contribution in [-0.2, 0) is 11.2 Å². The van der Waals surface area contributed by atoms with E-state index in [1.54, 1.807) is 7.11 Å². The van der Waals surface area contributed by atoms with Crippen molar-refractivity contribution < 1.29 is 18.7 Å². The molecule has 2 saturated heterocycles. The molecule has 0 spiro atoms. The number of piperidine rings is 1. The largest absolute Gasteiger partial charge is 0.497 e. The van der Waals surface area contributed by atoms with Crippen molar-refractivity contribution in [2.45, 2.75) is 56.7 Å². The lowest BCUT2D eigenvalue weighted by Gasteiger charge is -2.39. The van der Waals surface area contributed by atoms with Gasteiger partial charge in [-0.3, -0.25) is 9.59 Å². The van der Waals surface area contributed by atoms with Gasteiger partial charge in [0.05, 0.1) is 7.11 Å². The van der Waals surface area contributed by atoms with Crippen LogP contribution in [0, 0.1) is 5.82 Å². The number of carbonyl (C=O) groups excluding carboxylic acids is 2. The van der Waals surface area contributed by atoms with Gasteiger partial charge < -0.3 is 15.0 Å². The van der Waals surface area contributed by atoms with Crippen molar-refractivity contribution in [2.75, 3.05) is 7.11 Å². The summed E-state index contributed by atoms with van der Waals surface area (Å²) in [6.45, 7) is 0. The fourth-order valence-electron chi connectivity index (χ4n) is 4.78. The second-order valence-electron chi connectivity index (χ2n) is 8.19. The average Bonchev–Trinajstić information content (AvgIpc) is 3.03. The number of hydrogen-bond donors (Lipinski definition) is 1. The van der Waals surface area contributed by atoms with Gasteiger partial charge in [-0.25, -0.2) is 4.39 Å². The lowest BCUT2D eigenvalue weighted by atomic mass is 9.96. The topological polar surface area (TPSA) is 58.6 Å². The molecule has 2 aliphatic rings. The number of halogens is 1.